The summed E-state index contributed by atoms with van der Waals surface area (Å²) in [5, 5.41) is 11.7. The summed E-state index contributed by atoms with van der Waals surface area (Å²) in [6.45, 7) is 2.63. The van der Waals surface area contributed by atoms with Crippen LogP contribution in [0.3, 0.4) is 0 Å². The SMILES string of the molecule is Cn1cncc1Cn1cc(CNCC2CC2)nn1. The molecule has 6 heteroatoms. The van der Waals surface area contributed by atoms with E-state index in [1.54, 1.807) is 6.33 Å². The fourth-order valence-corrected chi connectivity index (χ4v) is 1.93. The van der Waals surface area contributed by atoms with Gasteiger partial charge in [0.2, 0.25) is 0 Å². The maximum absolute atomic E-state index is 4.16. The highest BCUT2D eigenvalue weighted by molar-refractivity contribution is 5.00. The largest absolute Gasteiger partial charge is 0.336 e. The van der Waals surface area contributed by atoms with E-state index in [2.05, 4.69) is 20.6 Å². The van der Waals surface area contributed by atoms with Crippen LogP contribution in [0, 0.1) is 5.92 Å². The summed E-state index contributed by atoms with van der Waals surface area (Å²) in [4.78, 5) is 4.09. The van der Waals surface area contributed by atoms with Crippen LogP contribution in [0.25, 0.3) is 0 Å². The maximum Gasteiger partial charge on any atom is 0.0964 e. The van der Waals surface area contributed by atoms with Gasteiger partial charge in [0.05, 0.1) is 36.7 Å². The minimum Gasteiger partial charge on any atom is -0.336 e. The van der Waals surface area contributed by atoms with E-state index in [0.29, 0.717) is 6.54 Å². The molecule has 1 aliphatic carbocycles. The van der Waals surface area contributed by atoms with E-state index in [-0.39, 0.29) is 0 Å². The van der Waals surface area contributed by atoms with Crippen molar-refractivity contribution in [3.63, 3.8) is 0 Å². The predicted molar refractivity (Wildman–Crippen MR) is 66.8 cm³/mol. The van der Waals surface area contributed by atoms with E-state index in [1.165, 1.54) is 12.8 Å². The average molecular weight is 246 g/mol. The lowest BCUT2D eigenvalue weighted by Crippen LogP contribution is -2.16. The van der Waals surface area contributed by atoms with E-state index in [1.807, 2.05) is 28.7 Å². The van der Waals surface area contributed by atoms with Gasteiger partial charge in [-0.25, -0.2) is 9.67 Å². The Hall–Kier alpha value is -1.69. The predicted octanol–water partition coefficient (Wildman–Crippen LogP) is 0.559. The summed E-state index contributed by atoms with van der Waals surface area (Å²) < 4.78 is 3.85. The van der Waals surface area contributed by atoms with Crippen molar-refractivity contribution in [2.45, 2.75) is 25.9 Å². The van der Waals surface area contributed by atoms with Gasteiger partial charge in [0.15, 0.2) is 0 Å². The molecule has 0 spiro atoms. The van der Waals surface area contributed by atoms with Crippen LogP contribution in [0.4, 0.5) is 0 Å². The molecule has 1 fully saturated rings. The minimum atomic E-state index is 0.714. The summed E-state index contributed by atoms with van der Waals surface area (Å²) in [6.07, 6.45) is 8.39. The quantitative estimate of drug-likeness (QED) is 0.809. The summed E-state index contributed by atoms with van der Waals surface area (Å²) in [6, 6.07) is 0. The highest BCUT2D eigenvalue weighted by atomic mass is 15.4. The molecule has 1 saturated carbocycles. The summed E-state index contributed by atoms with van der Waals surface area (Å²) in [5.41, 5.74) is 2.12. The molecule has 0 saturated heterocycles. The van der Waals surface area contributed by atoms with Crippen LogP contribution in [0.1, 0.15) is 24.2 Å². The summed E-state index contributed by atoms with van der Waals surface area (Å²) >= 11 is 0. The first kappa shape index (κ1) is 11.4. The first-order chi connectivity index (χ1) is 8.81. The van der Waals surface area contributed by atoms with Crippen molar-refractivity contribution in [3.05, 3.63) is 30.1 Å². The van der Waals surface area contributed by atoms with Crippen LogP contribution in [0.2, 0.25) is 0 Å². The topological polar surface area (TPSA) is 60.6 Å². The van der Waals surface area contributed by atoms with Gasteiger partial charge in [-0.1, -0.05) is 5.21 Å². The standard InChI is InChI=1S/C12H18N6/c1-17-9-14-6-12(17)8-18-7-11(15-16-18)5-13-4-10-2-3-10/h6-7,9-10,13H,2-5,8H2,1H3. The lowest BCUT2D eigenvalue weighted by molar-refractivity contribution is 0.617. The molecule has 0 aliphatic heterocycles. The fourth-order valence-electron chi connectivity index (χ4n) is 1.93. The Balaban J connectivity index is 1.53. The molecule has 1 aliphatic rings. The lowest BCUT2D eigenvalue weighted by atomic mass is 10.4. The normalized spacial score (nSPS) is 15.2. The van der Waals surface area contributed by atoms with E-state index in [0.717, 1.165) is 30.4 Å². The molecule has 2 heterocycles. The lowest BCUT2D eigenvalue weighted by Gasteiger charge is -2.01. The van der Waals surface area contributed by atoms with Crippen LogP contribution in [-0.4, -0.2) is 31.1 Å². The Morgan fingerprint density at radius 1 is 1.44 bits per heavy atom. The Labute approximate surface area is 106 Å². The van der Waals surface area contributed by atoms with Gasteiger partial charge < -0.3 is 9.88 Å². The average Bonchev–Trinajstić information content (AvgIpc) is 2.93. The molecular weight excluding hydrogens is 228 g/mol. The Morgan fingerprint density at radius 3 is 3.06 bits per heavy atom. The second-order valence-corrected chi connectivity index (χ2v) is 4.98. The molecule has 2 aromatic rings. The van der Waals surface area contributed by atoms with Crippen LogP contribution >= 0.6 is 0 Å². The highest BCUT2D eigenvalue weighted by Gasteiger charge is 2.20. The molecule has 0 bridgehead atoms. The van der Waals surface area contributed by atoms with Crippen molar-refractivity contribution < 1.29 is 0 Å². The number of rotatable bonds is 6. The third-order valence-corrected chi connectivity index (χ3v) is 3.26. The number of nitrogens with zero attached hydrogens (tertiary/aromatic N) is 5. The van der Waals surface area contributed by atoms with Crippen LogP contribution < -0.4 is 5.32 Å². The van der Waals surface area contributed by atoms with Crippen LogP contribution in [0.5, 0.6) is 0 Å². The number of nitrogens with one attached hydrogen (secondary N) is 1. The molecule has 96 valence electrons. The van der Waals surface area contributed by atoms with Gasteiger partial charge in [-0.2, -0.15) is 0 Å². The first-order valence-electron chi connectivity index (χ1n) is 6.36. The van der Waals surface area contributed by atoms with Gasteiger partial charge in [0, 0.05) is 13.6 Å². The number of hydrogen-bond acceptors (Lipinski definition) is 4. The second-order valence-electron chi connectivity index (χ2n) is 4.98. The number of imidazole rings is 1. The molecule has 1 N–H and O–H groups in total. The summed E-state index contributed by atoms with van der Waals surface area (Å²) in [7, 11) is 1.98. The van der Waals surface area contributed by atoms with Crippen molar-refractivity contribution >= 4 is 0 Å². The molecule has 0 unspecified atom stereocenters. The Kier molecular flexibility index (Phi) is 3.10. The monoisotopic (exact) mass is 246 g/mol. The van der Waals surface area contributed by atoms with E-state index in [4.69, 9.17) is 0 Å². The molecule has 2 aromatic heterocycles. The zero-order valence-electron chi connectivity index (χ0n) is 10.6. The van der Waals surface area contributed by atoms with Crippen molar-refractivity contribution in [2.24, 2.45) is 13.0 Å². The van der Waals surface area contributed by atoms with Gasteiger partial charge in [0.1, 0.15) is 0 Å². The molecule has 0 amide bonds. The summed E-state index contributed by atoms with van der Waals surface area (Å²) in [5.74, 6) is 0.898. The zero-order chi connectivity index (χ0) is 12.4. The number of hydrogen-bond donors (Lipinski definition) is 1. The third-order valence-electron chi connectivity index (χ3n) is 3.26. The minimum absolute atomic E-state index is 0.714. The van der Waals surface area contributed by atoms with E-state index < -0.39 is 0 Å². The molecule has 0 atom stereocenters. The second kappa shape index (κ2) is 4.89. The Morgan fingerprint density at radius 2 is 2.33 bits per heavy atom. The maximum atomic E-state index is 4.16. The van der Waals surface area contributed by atoms with Gasteiger partial charge in [0.25, 0.3) is 0 Å². The van der Waals surface area contributed by atoms with Gasteiger partial charge in [-0.3, -0.25) is 0 Å². The number of aryl methyl sites for hydroxylation is 1. The molecule has 3 rings (SSSR count). The fraction of sp³-hybridized carbons (Fsp3) is 0.583. The van der Waals surface area contributed by atoms with Gasteiger partial charge in [-0.05, 0) is 25.3 Å². The first-order valence-corrected chi connectivity index (χ1v) is 6.36. The van der Waals surface area contributed by atoms with Crippen LogP contribution in [-0.2, 0) is 20.1 Å². The van der Waals surface area contributed by atoms with Gasteiger partial charge in [-0.15, -0.1) is 5.10 Å². The molecule has 0 radical (unpaired) electrons. The molecule has 6 nitrogen and oxygen atoms in total. The van der Waals surface area contributed by atoms with E-state index in [9.17, 15) is 0 Å². The molecule has 0 aromatic carbocycles. The number of aromatic nitrogens is 5. The van der Waals surface area contributed by atoms with Crippen molar-refractivity contribution in [2.75, 3.05) is 6.54 Å². The van der Waals surface area contributed by atoms with Crippen molar-refractivity contribution in [1.82, 2.24) is 29.9 Å². The highest BCUT2D eigenvalue weighted by Crippen LogP contribution is 2.27. The van der Waals surface area contributed by atoms with Crippen molar-refractivity contribution in [1.29, 1.82) is 0 Å². The molecular formula is C12H18N6. The van der Waals surface area contributed by atoms with Gasteiger partial charge >= 0.3 is 0 Å². The smallest absolute Gasteiger partial charge is 0.0964 e. The Bertz CT molecular complexity index is 510. The van der Waals surface area contributed by atoms with E-state index >= 15 is 0 Å². The van der Waals surface area contributed by atoms with Crippen molar-refractivity contribution in [3.8, 4) is 0 Å². The zero-order valence-corrected chi connectivity index (χ0v) is 10.6. The van der Waals surface area contributed by atoms with Crippen LogP contribution in [0.15, 0.2) is 18.7 Å². The molecule has 18 heavy (non-hydrogen) atoms. The third kappa shape index (κ3) is 2.76.